The van der Waals surface area contributed by atoms with Gasteiger partial charge >= 0.3 is 0 Å². The van der Waals surface area contributed by atoms with Gasteiger partial charge in [0, 0.05) is 11.7 Å². The first-order chi connectivity index (χ1) is 12.1. The van der Waals surface area contributed by atoms with Crippen molar-refractivity contribution in [3.8, 4) is 23.6 Å². The second-order valence-electron chi connectivity index (χ2n) is 6.16. The highest BCUT2D eigenvalue weighted by atomic mass is 32.2. The summed E-state index contributed by atoms with van der Waals surface area (Å²) in [6, 6.07) is 10.0. The number of nitrogens with zero attached hydrogens (tertiary/aromatic N) is 3. The average Bonchev–Trinajstić information content (AvgIpc) is 2.89. The number of amidine groups is 1. The van der Waals surface area contributed by atoms with Crippen LogP contribution in [0, 0.1) is 33.5 Å². The maximum Gasteiger partial charge on any atom is 0.230 e. The fraction of sp³-hybridized carbons (Fsp3) is 0.471. The maximum atomic E-state index is 10.1. The van der Waals surface area contributed by atoms with Gasteiger partial charge in [0.2, 0.25) is 5.06 Å². The number of rotatable bonds is 3. The second kappa shape index (κ2) is 5.04. The van der Waals surface area contributed by atoms with Crippen LogP contribution in [0.4, 0.5) is 0 Å². The zero-order valence-electron chi connectivity index (χ0n) is 13.8. The molecule has 7 nitrogen and oxygen atoms in total. The summed E-state index contributed by atoms with van der Waals surface area (Å²) in [5.74, 6) is 1.57. The van der Waals surface area contributed by atoms with Crippen molar-refractivity contribution >= 4 is 17.6 Å². The van der Waals surface area contributed by atoms with Crippen LogP contribution in [-0.4, -0.2) is 37.5 Å². The van der Waals surface area contributed by atoms with E-state index in [1.54, 1.807) is 26.4 Å². The minimum atomic E-state index is -1.18. The Morgan fingerprint density at radius 3 is 2.60 bits per heavy atom. The monoisotopic (exact) mass is 356 g/mol. The van der Waals surface area contributed by atoms with Gasteiger partial charge in [-0.15, -0.1) is 0 Å². The third-order valence-electron chi connectivity index (χ3n) is 5.35. The average molecular weight is 356 g/mol. The number of ether oxygens (including phenoxy) is 3. The van der Waals surface area contributed by atoms with Crippen molar-refractivity contribution in [2.75, 3.05) is 26.6 Å². The van der Waals surface area contributed by atoms with E-state index < -0.39 is 21.8 Å². The molecular formula is C17H16N4O3S. The summed E-state index contributed by atoms with van der Waals surface area (Å²) in [5, 5.41) is 18.9. The number of hydrogen-bond acceptors (Lipinski definition) is 8. The van der Waals surface area contributed by atoms with E-state index in [0.717, 1.165) is 5.56 Å². The minimum Gasteiger partial charge on any atom is -0.493 e. The number of nitrogens with two attached hydrogens (primary N) is 1. The van der Waals surface area contributed by atoms with Gasteiger partial charge in [0.15, 0.2) is 16.9 Å². The van der Waals surface area contributed by atoms with Crippen LogP contribution in [0.1, 0.15) is 11.5 Å². The molecule has 2 fully saturated rings. The molecule has 4 atom stereocenters. The summed E-state index contributed by atoms with van der Waals surface area (Å²) in [7, 11) is 3.10. The molecule has 1 aliphatic carbocycles. The van der Waals surface area contributed by atoms with Gasteiger partial charge < -0.3 is 19.9 Å². The second-order valence-corrected chi connectivity index (χ2v) is 7.41. The van der Waals surface area contributed by atoms with E-state index in [0.29, 0.717) is 23.9 Å². The molecule has 1 saturated carbocycles. The van der Waals surface area contributed by atoms with Crippen LogP contribution in [0.25, 0.3) is 0 Å². The summed E-state index contributed by atoms with van der Waals surface area (Å²) in [6.45, 7) is 0.477. The number of thioether (sulfide) groups is 1. The van der Waals surface area contributed by atoms with Crippen LogP contribution >= 0.6 is 11.8 Å². The van der Waals surface area contributed by atoms with Crippen LogP contribution in [0.3, 0.4) is 0 Å². The predicted molar refractivity (Wildman–Crippen MR) is 91.1 cm³/mol. The lowest BCUT2D eigenvalue weighted by molar-refractivity contribution is 0.0200. The van der Waals surface area contributed by atoms with Gasteiger partial charge in [-0.1, -0.05) is 17.8 Å². The van der Waals surface area contributed by atoms with Gasteiger partial charge in [0.05, 0.1) is 33.0 Å². The summed E-state index contributed by atoms with van der Waals surface area (Å²) in [6.07, 6.45) is 0. The van der Waals surface area contributed by atoms with Crippen LogP contribution in [0.15, 0.2) is 23.2 Å². The maximum absolute atomic E-state index is 10.1. The quantitative estimate of drug-likeness (QED) is 0.875. The lowest BCUT2D eigenvalue weighted by atomic mass is 9.95. The number of benzene rings is 1. The van der Waals surface area contributed by atoms with Gasteiger partial charge in [-0.25, -0.2) is 4.99 Å². The molecule has 1 aromatic carbocycles. The lowest BCUT2D eigenvalue weighted by Gasteiger charge is -2.26. The van der Waals surface area contributed by atoms with Crippen molar-refractivity contribution < 1.29 is 14.2 Å². The summed E-state index contributed by atoms with van der Waals surface area (Å²) < 4.78 is 16.5. The van der Waals surface area contributed by atoms with E-state index in [-0.39, 0.29) is 5.84 Å². The third kappa shape index (κ3) is 1.57. The lowest BCUT2D eigenvalue weighted by Crippen LogP contribution is -2.34. The fourth-order valence-electron chi connectivity index (χ4n) is 4.25. The number of aliphatic imine (C=N–C) groups is 1. The molecule has 0 bridgehead atoms. The molecule has 0 aromatic heterocycles. The van der Waals surface area contributed by atoms with Gasteiger partial charge in [-0.2, -0.15) is 10.5 Å². The summed E-state index contributed by atoms with van der Waals surface area (Å²) >= 11 is 1.44. The molecule has 2 heterocycles. The van der Waals surface area contributed by atoms with E-state index in [1.807, 2.05) is 6.07 Å². The molecule has 3 aliphatic rings. The molecule has 128 valence electrons. The van der Waals surface area contributed by atoms with Crippen molar-refractivity contribution in [1.29, 1.82) is 10.5 Å². The molecule has 1 saturated heterocycles. The Morgan fingerprint density at radius 2 is 2.04 bits per heavy atom. The van der Waals surface area contributed by atoms with Crippen molar-refractivity contribution in [1.82, 2.24) is 0 Å². The standard InChI is InChI=1S/C17H16N4O3S/c1-22-11-4-3-10(7-12(11)23-2)13-15(8-18)14(20)21-17(16(13,15)9-19)24-5-6-25-17/h3-4,7,13H,5-6H2,1-2H3,(H2,20,21)/t13-,15-,16-,17-/m1/s1. The van der Waals surface area contributed by atoms with Crippen LogP contribution in [0.5, 0.6) is 11.5 Å². The Bertz CT molecular complexity index is 868. The molecule has 25 heavy (non-hydrogen) atoms. The summed E-state index contributed by atoms with van der Waals surface area (Å²) in [4.78, 5) is 4.42. The molecule has 1 spiro atoms. The molecule has 0 radical (unpaired) electrons. The summed E-state index contributed by atoms with van der Waals surface area (Å²) in [5.41, 5.74) is 4.63. The number of hydrogen-bond donors (Lipinski definition) is 1. The predicted octanol–water partition coefficient (Wildman–Crippen LogP) is 1.61. The van der Waals surface area contributed by atoms with Gasteiger partial charge in [-0.3, -0.25) is 0 Å². The van der Waals surface area contributed by atoms with Gasteiger partial charge in [0.1, 0.15) is 11.3 Å². The van der Waals surface area contributed by atoms with E-state index in [9.17, 15) is 10.5 Å². The molecule has 4 rings (SSSR count). The molecule has 8 heteroatoms. The first-order valence-electron chi connectivity index (χ1n) is 7.75. The topological polar surface area (TPSA) is 114 Å². The fourth-order valence-corrected chi connectivity index (χ4v) is 5.58. The Kier molecular flexibility index (Phi) is 3.24. The van der Waals surface area contributed by atoms with Crippen molar-refractivity contribution in [3.63, 3.8) is 0 Å². The highest BCUT2D eigenvalue weighted by Gasteiger charge is 2.93. The molecule has 2 N–H and O–H groups in total. The molecular weight excluding hydrogens is 340 g/mol. The van der Waals surface area contributed by atoms with E-state index >= 15 is 0 Å². The van der Waals surface area contributed by atoms with Crippen LogP contribution in [-0.2, 0) is 4.74 Å². The Labute approximate surface area is 149 Å². The Balaban J connectivity index is 1.89. The Morgan fingerprint density at radius 1 is 1.28 bits per heavy atom. The molecule has 2 aliphatic heterocycles. The third-order valence-corrected chi connectivity index (χ3v) is 6.64. The van der Waals surface area contributed by atoms with Crippen molar-refractivity contribution in [2.24, 2.45) is 21.6 Å². The highest BCUT2D eigenvalue weighted by molar-refractivity contribution is 8.00. The highest BCUT2D eigenvalue weighted by Crippen LogP contribution is 2.84. The molecule has 1 aromatic rings. The van der Waals surface area contributed by atoms with Gasteiger partial charge in [-0.05, 0) is 17.7 Å². The van der Waals surface area contributed by atoms with E-state index in [1.165, 1.54) is 11.8 Å². The smallest absolute Gasteiger partial charge is 0.230 e. The SMILES string of the molecule is COc1ccc([C@H]2[C@@]3(C#N)[C@@]4(N=C(N)[C@@]23C#N)OCCS4)cc1OC. The van der Waals surface area contributed by atoms with E-state index in [4.69, 9.17) is 19.9 Å². The van der Waals surface area contributed by atoms with Crippen LogP contribution in [0.2, 0.25) is 0 Å². The molecule has 0 amide bonds. The number of methoxy groups -OCH3 is 2. The van der Waals surface area contributed by atoms with Crippen molar-refractivity contribution in [3.05, 3.63) is 23.8 Å². The van der Waals surface area contributed by atoms with Crippen molar-refractivity contribution in [2.45, 2.75) is 11.0 Å². The molecule has 0 unspecified atom stereocenters. The Hall–Kier alpha value is -2.42. The van der Waals surface area contributed by atoms with Crippen LogP contribution < -0.4 is 15.2 Å². The zero-order valence-corrected chi connectivity index (χ0v) is 14.6. The number of fused-ring (bicyclic) bond motifs is 2. The van der Waals surface area contributed by atoms with Gasteiger partial charge in [0.25, 0.3) is 0 Å². The number of nitriles is 2. The van der Waals surface area contributed by atoms with E-state index in [2.05, 4.69) is 17.1 Å². The largest absolute Gasteiger partial charge is 0.493 e. The first kappa shape index (κ1) is 16.1. The minimum absolute atomic E-state index is 0.172. The first-order valence-corrected chi connectivity index (χ1v) is 8.73. The normalized spacial score (nSPS) is 37.8. The zero-order chi connectivity index (χ0) is 17.9.